The molecular formula is C10H15BrO4. The van der Waals surface area contributed by atoms with Gasteiger partial charge < -0.3 is 4.74 Å². The normalized spacial score (nSPS) is 11.9. The van der Waals surface area contributed by atoms with Gasteiger partial charge in [0.1, 0.15) is 17.5 Å². The number of hydrogen-bond acceptors (Lipinski definition) is 4. The fourth-order valence-electron chi connectivity index (χ4n) is 1.10. The maximum Gasteiger partial charge on any atom is 0.316 e. The molecule has 0 bridgehead atoms. The first-order valence-corrected chi connectivity index (χ1v) is 5.89. The Bertz CT molecular complexity index is 250. The molecule has 0 aromatic heterocycles. The number of ketones is 2. The minimum absolute atomic E-state index is 0.0226. The largest absolute Gasteiger partial charge is 0.465 e. The number of halogens is 1. The first kappa shape index (κ1) is 14.3. The zero-order valence-electron chi connectivity index (χ0n) is 8.92. The number of carbonyl (C=O) groups is 3. The molecule has 0 fully saturated rings. The van der Waals surface area contributed by atoms with Crippen LogP contribution in [0.15, 0.2) is 0 Å². The average molecular weight is 279 g/mol. The van der Waals surface area contributed by atoms with E-state index in [2.05, 4.69) is 15.9 Å². The highest BCUT2D eigenvalue weighted by atomic mass is 79.9. The van der Waals surface area contributed by atoms with Crippen LogP contribution in [0.2, 0.25) is 0 Å². The van der Waals surface area contributed by atoms with E-state index in [1.165, 1.54) is 6.92 Å². The number of alkyl halides is 1. The quantitative estimate of drug-likeness (QED) is 0.402. The van der Waals surface area contributed by atoms with Crippen LogP contribution in [0, 0.1) is 5.92 Å². The van der Waals surface area contributed by atoms with Crippen molar-refractivity contribution in [2.75, 3.05) is 11.9 Å². The lowest BCUT2D eigenvalue weighted by Gasteiger charge is -2.11. The number of ether oxygens (including phenoxy) is 1. The molecule has 0 aromatic rings. The SMILES string of the molecule is CCOC(=O)C(CCC(=O)CBr)C(C)=O. The summed E-state index contributed by atoms with van der Waals surface area (Å²) in [7, 11) is 0. The van der Waals surface area contributed by atoms with Gasteiger partial charge in [-0.25, -0.2) is 0 Å². The van der Waals surface area contributed by atoms with E-state index in [1.54, 1.807) is 6.92 Å². The molecule has 0 saturated carbocycles. The van der Waals surface area contributed by atoms with Gasteiger partial charge in [-0.3, -0.25) is 14.4 Å². The van der Waals surface area contributed by atoms with Crippen molar-refractivity contribution in [3.8, 4) is 0 Å². The second-order valence-corrected chi connectivity index (χ2v) is 3.69. The van der Waals surface area contributed by atoms with Gasteiger partial charge in [0.05, 0.1) is 11.9 Å². The van der Waals surface area contributed by atoms with E-state index in [0.717, 1.165) is 0 Å². The van der Waals surface area contributed by atoms with Crippen LogP contribution in [0.25, 0.3) is 0 Å². The lowest BCUT2D eigenvalue weighted by atomic mass is 9.98. The Balaban J connectivity index is 4.22. The standard InChI is InChI=1S/C10H15BrO4/c1-3-15-10(14)9(7(2)12)5-4-8(13)6-11/h9H,3-6H2,1-2H3. The van der Waals surface area contributed by atoms with E-state index in [4.69, 9.17) is 4.74 Å². The van der Waals surface area contributed by atoms with Crippen molar-refractivity contribution in [1.82, 2.24) is 0 Å². The maximum absolute atomic E-state index is 11.3. The lowest BCUT2D eigenvalue weighted by Crippen LogP contribution is -2.25. The van der Waals surface area contributed by atoms with E-state index in [9.17, 15) is 14.4 Å². The number of hydrogen-bond donors (Lipinski definition) is 0. The molecule has 0 spiro atoms. The molecule has 1 atom stereocenters. The first-order chi connectivity index (χ1) is 7.02. The minimum Gasteiger partial charge on any atom is -0.465 e. The zero-order chi connectivity index (χ0) is 11.8. The van der Waals surface area contributed by atoms with Gasteiger partial charge in [0.15, 0.2) is 0 Å². The Kier molecular flexibility index (Phi) is 7.21. The van der Waals surface area contributed by atoms with Gasteiger partial charge >= 0.3 is 5.97 Å². The number of rotatable bonds is 7. The Labute approximate surface area is 97.5 Å². The smallest absolute Gasteiger partial charge is 0.316 e. The molecular weight excluding hydrogens is 264 g/mol. The Morgan fingerprint density at radius 2 is 1.93 bits per heavy atom. The number of carbonyl (C=O) groups excluding carboxylic acids is 3. The van der Waals surface area contributed by atoms with Gasteiger partial charge in [-0.1, -0.05) is 15.9 Å². The van der Waals surface area contributed by atoms with Crippen LogP contribution in [0.3, 0.4) is 0 Å². The fourth-order valence-corrected chi connectivity index (χ4v) is 1.38. The molecule has 0 saturated heterocycles. The monoisotopic (exact) mass is 278 g/mol. The molecule has 0 radical (unpaired) electrons. The molecule has 1 unspecified atom stereocenters. The van der Waals surface area contributed by atoms with Gasteiger partial charge in [-0.2, -0.15) is 0 Å². The Morgan fingerprint density at radius 1 is 1.33 bits per heavy atom. The van der Waals surface area contributed by atoms with Gasteiger partial charge in [0.2, 0.25) is 0 Å². The summed E-state index contributed by atoms with van der Waals surface area (Å²) in [4.78, 5) is 33.5. The number of Topliss-reactive ketones (excluding diaryl/α,β-unsaturated/α-hetero) is 2. The van der Waals surface area contributed by atoms with E-state index in [-0.39, 0.29) is 36.3 Å². The topological polar surface area (TPSA) is 60.4 Å². The van der Waals surface area contributed by atoms with Crippen molar-refractivity contribution < 1.29 is 19.1 Å². The zero-order valence-corrected chi connectivity index (χ0v) is 10.5. The fraction of sp³-hybridized carbons (Fsp3) is 0.700. The summed E-state index contributed by atoms with van der Waals surface area (Å²) in [5.41, 5.74) is 0. The second kappa shape index (κ2) is 7.56. The minimum atomic E-state index is -0.798. The summed E-state index contributed by atoms with van der Waals surface area (Å²) in [5, 5.41) is 0.250. The predicted octanol–water partition coefficient (Wildman–Crippen LogP) is 1.50. The second-order valence-electron chi connectivity index (χ2n) is 3.13. The molecule has 0 aliphatic heterocycles. The summed E-state index contributed by atoms with van der Waals surface area (Å²) in [6.07, 6.45) is 0.451. The third-order valence-corrected chi connectivity index (χ3v) is 2.55. The highest BCUT2D eigenvalue weighted by Gasteiger charge is 2.24. The molecule has 0 rings (SSSR count). The molecule has 0 N–H and O–H groups in total. The van der Waals surface area contributed by atoms with Crippen molar-refractivity contribution in [1.29, 1.82) is 0 Å². The third kappa shape index (κ3) is 5.67. The van der Waals surface area contributed by atoms with Gasteiger partial charge in [0.25, 0.3) is 0 Å². The van der Waals surface area contributed by atoms with Crippen molar-refractivity contribution in [3.63, 3.8) is 0 Å². The molecule has 0 amide bonds. The molecule has 15 heavy (non-hydrogen) atoms. The van der Waals surface area contributed by atoms with Crippen LogP contribution in [-0.2, 0) is 19.1 Å². The van der Waals surface area contributed by atoms with Crippen LogP contribution < -0.4 is 0 Å². The van der Waals surface area contributed by atoms with E-state index < -0.39 is 11.9 Å². The summed E-state index contributed by atoms with van der Waals surface area (Å²) in [6.45, 7) is 3.26. The molecule has 86 valence electrons. The van der Waals surface area contributed by atoms with Crippen LogP contribution in [0.1, 0.15) is 26.7 Å². The van der Waals surface area contributed by atoms with Crippen molar-refractivity contribution in [2.24, 2.45) is 5.92 Å². The lowest BCUT2D eigenvalue weighted by molar-refractivity contribution is -0.151. The molecule has 5 heteroatoms. The van der Waals surface area contributed by atoms with E-state index in [1.807, 2.05) is 0 Å². The first-order valence-electron chi connectivity index (χ1n) is 4.77. The third-order valence-electron chi connectivity index (χ3n) is 1.92. The van der Waals surface area contributed by atoms with E-state index >= 15 is 0 Å². The predicted molar refractivity (Wildman–Crippen MR) is 58.8 cm³/mol. The number of esters is 1. The molecule has 0 heterocycles. The van der Waals surface area contributed by atoms with Gasteiger partial charge in [-0.15, -0.1) is 0 Å². The molecule has 0 aliphatic carbocycles. The maximum atomic E-state index is 11.3. The van der Waals surface area contributed by atoms with Crippen LogP contribution in [-0.4, -0.2) is 29.5 Å². The van der Waals surface area contributed by atoms with Crippen LogP contribution >= 0.6 is 15.9 Å². The van der Waals surface area contributed by atoms with Crippen molar-refractivity contribution in [3.05, 3.63) is 0 Å². The van der Waals surface area contributed by atoms with Crippen LogP contribution in [0.4, 0.5) is 0 Å². The van der Waals surface area contributed by atoms with E-state index in [0.29, 0.717) is 0 Å². The average Bonchev–Trinajstić information content (AvgIpc) is 2.17. The highest BCUT2D eigenvalue weighted by Crippen LogP contribution is 2.11. The summed E-state index contributed by atoms with van der Waals surface area (Å²) in [5.74, 6) is -1.61. The Morgan fingerprint density at radius 3 is 2.33 bits per heavy atom. The van der Waals surface area contributed by atoms with Crippen LogP contribution in [0.5, 0.6) is 0 Å². The Hall–Kier alpha value is -0.710. The van der Waals surface area contributed by atoms with Crippen molar-refractivity contribution >= 4 is 33.5 Å². The summed E-state index contributed by atoms with van der Waals surface area (Å²) in [6, 6.07) is 0. The van der Waals surface area contributed by atoms with Gasteiger partial charge in [-0.05, 0) is 20.3 Å². The molecule has 0 aromatic carbocycles. The summed E-state index contributed by atoms with van der Waals surface area (Å²) < 4.78 is 4.75. The van der Waals surface area contributed by atoms with Crippen molar-refractivity contribution in [2.45, 2.75) is 26.7 Å². The van der Waals surface area contributed by atoms with Gasteiger partial charge in [0, 0.05) is 6.42 Å². The summed E-state index contributed by atoms with van der Waals surface area (Å²) >= 11 is 3.02. The molecule has 4 nitrogen and oxygen atoms in total. The molecule has 0 aliphatic rings. The highest BCUT2D eigenvalue weighted by molar-refractivity contribution is 9.09.